The van der Waals surface area contributed by atoms with Gasteiger partial charge in [0, 0.05) is 18.6 Å². The van der Waals surface area contributed by atoms with Gasteiger partial charge in [-0.25, -0.2) is 0 Å². The Hall–Kier alpha value is -0.860. The van der Waals surface area contributed by atoms with E-state index >= 15 is 0 Å². The molecule has 2 nitrogen and oxygen atoms in total. The highest BCUT2D eigenvalue weighted by Crippen LogP contribution is 2.38. The van der Waals surface area contributed by atoms with Gasteiger partial charge < -0.3 is 10.6 Å². The summed E-state index contributed by atoms with van der Waals surface area (Å²) in [4.78, 5) is 2.46. The van der Waals surface area contributed by atoms with Crippen LogP contribution in [0.5, 0.6) is 0 Å². The number of likely N-dealkylation sites (N-methyl/N-ethyl adjacent to an activating group) is 1. The van der Waals surface area contributed by atoms with Crippen molar-refractivity contribution in [1.82, 2.24) is 4.90 Å². The van der Waals surface area contributed by atoms with Crippen molar-refractivity contribution in [2.24, 2.45) is 17.6 Å². The zero-order chi connectivity index (χ0) is 13.1. The Morgan fingerprint density at radius 3 is 2.44 bits per heavy atom. The predicted octanol–water partition coefficient (Wildman–Crippen LogP) is 3.05. The third-order valence-corrected chi connectivity index (χ3v) is 4.38. The molecule has 4 unspecified atom stereocenters. The number of nitrogens with two attached hydrogens (primary N) is 1. The maximum absolute atomic E-state index is 6.44. The lowest BCUT2D eigenvalue weighted by Gasteiger charge is -2.32. The van der Waals surface area contributed by atoms with Crippen LogP contribution in [0.25, 0.3) is 0 Å². The minimum Gasteiger partial charge on any atom is -0.323 e. The van der Waals surface area contributed by atoms with Gasteiger partial charge in [-0.1, -0.05) is 44.2 Å². The van der Waals surface area contributed by atoms with Crippen molar-refractivity contribution in [2.75, 3.05) is 13.6 Å². The monoisotopic (exact) mass is 246 g/mol. The van der Waals surface area contributed by atoms with E-state index in [2.05, 4.69) is 50.1 Å². The summed E-state index contributed by atoms with van der Waals surface area (Å²) in [5.41, 5.74) is 7.69. The lowest BCUT2D eigenvalue weighted by atomic mass is 9.97. The summed E-state index contributed by atoms with van der Waals surface area (Å²) in [5.74, 6) is 1.81. The lowest BCUT2D eigenvalue weighted by molar-refractivity contribution is 0.195. The van der Waals surface area contributed by atoms with Gasteiger partial charge >= 0.3 is 0 Å². The molecule has 1 aliphatic carbocycles. The number of rotatable bonds is 6. The van der Waals surface area contributed by atoms with Gasteiger partial charge in [-0.3, -0.25) is 0 Å². The molecule has 100 valence electrons. The first kappa shape index (κ1) is 13.6. The molecule has 18 heavy (non-hydrogen) atoms. The summed E-state index contributed by atoms with van der Waals surface area (Å²) in [7, 11) is 2.22. The Bertz CT molecular complexity index is 363. The molecule has 0 amide bonds. The van der Waals surface area contributed by atoms with E-state index in [-0.39, 0.29) is 6.04 Å². The van der Waals surface area contributed by atoms with E-state index in [0.717, 1.165) is 18.3 Å². The molecule has 0 heterocycles. The molecule has 0 aromatic heterocycles. The normalized spacial score (nSPS) is 26.1. The quantitative estimate of drug-likeness (QED) is 0.836. The van der Waals surface area contributed by atoms with E-state index in [1.54, 1.807) is 0 Å². The molecule has 0 aliphatic heterocycles. The predicted molar refractivity (Wildman–Crippen MR) is 77.4 cm³/mol. The average Bonchev–Trinajstić information content (AvgIpc) is 3.06. The van der Waals surface area contributed by atoms with Gasteiger partial charge in [-0.2, -0.15) is 0 Å². The zero-order valence-electron chi connectivity index (χ0n) is 11.8. The van der Waals surface area contributed by atoms with Crippen molar-refractivity contribution < 1.29 is 0 Å². The number of hydrogen-bond acceptors (Lipinski definition) is 2. The minimum absolute atomic E-state index is 0.121. The third kappa shape index (κ3) is 3.12. The number of benzene rings is 1. The Morgan fingerprint density at radius 1 is 1.33 bits per heavy atom. The Kier molecular flexibility index (Phi) is 4.41. The second-order valence-corrected chi connectivity index (χ2v) is 5.82. The van der Waals surface area contributed by atoms with E-state index in [1.165, 1.54) is 18.5 Å². The van der Waals surface area contributed by atoms with Gasteiger partial charge in [0.25, 0.3) is 0 Å². The van der Waals surface area contributed by atoms with Gasteiger partial charge in [0.15, 0.2) is 0 Å². The van der Waals surface area contributed by atoms with Gasteiger partial charge in [0.2, 0.25) is 0 Å². The molecular weight excluding hydrogens is 220 g/mol. The van der Waals surface area contributed by atoms with Gasteiger partial charge in [0.1, 0.15) is 0 Å². The summed E-state index contributed by atoms with van der Waals surface area (Å²) in [6.07, 6.45) is 2.50. The van der Waals surface area contributed by atoms with Crippen molar-refractivity contribution in [3.63, 3.8) is 0 Å². The van der Waals surface area contributed by atoms with E-state index in [9.17, 15) is 0 Å². The fourth-order valence-electron chi connectivity index (χ4n) is 2.90. The van der Waals surface area contributed by atoms with Crippen molar-refractivity contribution in [3.05, 3.63) is 35.9 Å². The molecule has 4 atom stereocenters. The molecule has 2 heteroatoms. The fourth-order valence-corrected chi connectivity index (χ4v) is 2.90. The minimum atomic E-state index is 0.121. The molecule has 1 fully saturated rings. The van der Waals surface area contributed by atoms with Crippen LogP contribution in [0.1, 0.15) is 38.3 Å². The highest BCUT2D eigenvalue weighted by molar-refractivity contribution is 5.20. The third-order valence-electron chi connectivity index (χ3n) is 4.38. The summed E-state index contributed by atoms with van der Waals surface area (Å²) in [6.45, 7) is 5.77. The van der Waals surface area contributed by atoms with Crippen LogP contribution in [-0.4, -0.2) is 24.5 Å². The molecular formula is C16H26N2. The highest BCUT2D eigenvalue weighted by Gasteiger charge is 2.35. The molecule has 1 aliphatic rings. The van der Waals surface area contributed by atoms with Crippen molar-refractivity contribution in [1.29, 1.82) is 0 Å². The molecule has 2 rings (SSSR count). The molecule has 1 aromatic rings. The van der Waals surface area contributed by atoms with Gasteiger partial charge in [-0.15, -0.1) is 0 Å². The molecule has 0 spiro atoms. The molecule has 0 radical (unpaired) electrons. The second-order valence-electron chi connectivity index (χ2n) is 5.82. The maximum Gasteiger partial charge on any atom is 0.0452 e. The van der Waals surface area contributed by atoms with Crippen molar-refractivity contribution in [2.45, 2.75) is 38.8 Å². The summed E-state index contributed by atoms with van der Waals surface area (Å²) in [6, 6.07) is 11.0. The molecule has 0 bridgehead atoms. The Morgan fingerprint density at radius 2 is 1.94 bits per heavy atom. The van der Waals surface area contributed by atoms with E-state index < -0.39 is 0 Å². The van der Waals surface area contributed by atoms with E-state index in [1.807, 2.05) is 6.07 Å². The number of hydrogen-bond donors (Lipinski definition) is 1. The molecule has 1 aromatic carbocycles. The van der Waals surface area contributed by atoms with Crippen LogP contribution in [0.4, 0.5) is 0 Å². The summed E-state index contributed by atoms with van der Waals surface area (Å²) in [5, 5.41) is 0. The van der Waals surface area contributed by atoms with Crippen LogP contribution in [0.3, 0.4) is 0 Å². The van der Waals surface area contributed by atoms with Crippen LogP contribution in [0, 0.1) is 11.8 Å². The molecule has 2 N–H and O–H groups in total. The number of nitrogens with zero attached hydrogens (tertiary/aromatic N) is 1. The van der Waals surface area contributed by atoms with Gasteiger partial charge in [-0.05, 0) is 37.3 Å². The average molecular weight is 246 g/mol. The molecule has 1 saturated carbocycles. The van der Waals surface area contributed by atoms with Crippen LogP contribution in [0.15, 0.2) is 30.3 Å². The molecule has 0 saturated heterocycles. The van der Waals surface area contributed by atoms with Crippen molar-refractivity contribution >= 4 is 0 Å². The standard InChI is InChI=1S/C16H26N2/c1-4-15(18(3)11-14-10-12(14)2)16(17)13-8-6-5-7-9-13/h5-9,12,14-16H,4,10-11,17H2,1-3H3. The van der Waals surface area contributed by atoms with E-state index in [0.29, 0.717) is 6.04 Å². The topological polar surface area (TPSA) is 29.3 Å². The first-order valence-electron chi connectivity index (χ1n) is 7.14. The van der Waals surface area contributed by atoms with Crippen LogP contribution < -0.4 is 5.73 Å². The first-order valence-corrected chi connectivity index (χ1v) is 7.14. The first-order chi connectivity index (χ1) is 8.63. The van der Waals surface area contributed by atoms with Crippen LogP contribution in [-0.2, 0) is 0 Å². The maximum atomic E-state index is 6.44. The van der Waals surface area contributed by atoms with E-state index in [4.69, 9.17) is 5.73 Å². The Balaban J connectivity index is 1.98. The van der Waals surface area contributed by atoms with Gasteiger partial charge in [0.05, 0.1) is 0 Å². The van der Waals surface area contributed by atoms with Crippen LogP contribution in [0.2, 0.25) is 0 Å². The second kappa shape index (κ2) is 5.85. The zero-order valence-corrected chi connectivity index (χ0v) is 11.8. The SMILES string of the molecule is CCC(C(N)c1ccccc1)N(C)CC1CC1C. The smallest absolute Gasteiger partial charge is 0.0452 e. The Labute approximate surface area is 111 Å². The van der Waals surface area contributed by atoms with Crippen molar-refractivity contribution in [3.8, 4) is 0 Å². The largest absolute Gasteiger partial charge is 0.323 e. The summed E-state index contributed by atoms with van der Waals surface area (Å²) < 4.78 is 0. The van der Waals surface area contributed by atoms with Crippen LogP contribution >= 0.6 is 0 Å². The lowest BCUT2D eigenvalue weighted by Crippen LogP contribution is -2.41. The fraction of sp³-hybridized carbons (Fsp3) is 0.625. The summed E-state index contributed by atoms with van der Waals surface area (Å²) >= 11 is 0. The highest BCUT2D eigenvalue weighted by atomic mass is 15.2.